The van der Waals surface area contributed by atoms with Crippen LogP contribution >= 0.6 is 11.6 Å². The Hall–Kier alpha value is -0.780. The lowest BCUT2D eigenvalue weighted by molar-refractivity contribution is 0.593. The van der Waals surface area contributed by atoms with Gasteiger partial charge in [-0.15, -0.1) is 0 Å². The van der Waals surface area contributed by atoms with Gasteiger partial charge in [0.1, 0.15) is 0 Å². The molecule has 0 atom stereocenters. The molecule has 0 spiro atoms. The van der Waals surface area contributed by atoms with E-state index in [1.165, 1.54) is 0 Å². The number of nitrogens with one attached hydrogen (secondary N) is 2. The summed E-state index contributed by atoms with van der Waals surface area (Å²) in [4.78, 5) is 0. The van der Waals surface area contributed by atoms with Gasteiger partial charge in [-0.3, -0.25) is 4.72 Å². The summed E-state index contributed by atoms with van der Waals surface area (Å²) in [5, 5.41) is 3.59. The van der Waals surface area contributed by atoms with Crippen molar-refractivity contribution in [3.8, 4) is 0 Å². The van der Waals surface area contributed by atoms with Crippen LogP contribution in [0.5, 0.6) is 0 Å². The molecule has 0 aliphatic rings. The van der Waals surface area contributed by atoms with Crippen LogP contribution in [0.2, 0.25) is 5.02 Å². The van der Waals surface area contributed by atoms with Crippen molar-refractivity contribution in [3.63, 3.8) is 0 Å². The van der Waals surface area contributed by atoms with Crippen LogP contribution in [0.1, 0.15) is 25.3 Å². The second-order valence-corrected chi connectivity index (χ2v) is 6.76. The van der Waals surface area contributed by atoms with Crippen LogP contribution in [0.4, 0.5) is 5.69 Å². The van der Waals surface area contributed by atoms with E-state index in [-0.39, 0.29) is 5.75 Å². The van der Waals surface area contributed by atoms with Gasteiger partial charge in [-0.25, -0.2) is 8.42 Å². The van der Waals surface area contributed by atoms with E-state index in [0.29, 0.717) is 23.7 Å². The van der Waals surface area contributed by atoms with Crippen molar-refractivity contribution in [2.75, 3.05) is 23.6 Å². The molecule has 0 aromatic heterocycles. The summed E-state index contributed by atoms with van der Waals surface area (Å²) < 4.78 is 26.3. The van der Waals surface area contributed by atoms with Crippen LogP contribution in [-0.4, -0.2) is 27.3 Å². The molecule has 0 bridgehead atoms. The molecule has 19 heavy (non-hydrogen) atoms. The van der Waals surface area contributed by atoms with E-state index in [1.807, 2.05) is 13.0 Å². The van der Waals surface area contributed by atoms with Crippen LogP contribution in [0.25, 0.3) is 0 Å². The molecular formula is C13H21ClN2O2S. The highest BCUT2D eigenvalue weighted by Gasteiger charge is 2.12. The van der Waals surface area contributed by atoms with Crippen LogP contribution in [-0.2, 0) is 10.0 Å². The van der Waals surface area contributed by atoms with Crippen LogP contribution < -0.4 is 10.0 Å². The molecule has 0 radical (unpaired) electrons. The van der Waals surface area contributed by atoms with Crippen molar-refractivity contribution in [3.05, 3.63) is 28.8 Å². The Morgan fingerprint density at radius 2 is 2.00 bits per heavy atom. The monoisotopic (exact) mass is 304 g/mol. The molecule has 1 rings (SSSR count). The Bertz CT molecular complexity index is 503. The maximum Gasteiger partial charge on any atom is 0.232 e. The van der Waals surface area contributed by atoms with Gasteiger partial charge in [0.25, 0.3) is 0 Å². The molecule has 0 aliphatic heterocycles. The van der Waals surface area contributed by atoms with Gasteiger partial charge in [0, 0.05) is 0 Å². The van der Waals surface area contributed by atoms with Gasteiger partial charge < -0.3 is 5.32 Å². The highest BCUT2D eigenvalue weighted by atomic mass is 35.5. The number of halogens is 1. The van der Waals surface area contributed by atoms with Gasteiger partial charge in [0.05, 0.1) is 16.5 Å². The number of rotatable bonds is 8. The fourth-order valence-electron chi connectivity index (χ4n) is 1.62. The van der Waals surface area contributed by atoms with Crippen LogP contribution in [0.15, 0.2) is 18.2 Å². The molecule has 0 unspecified atom stereocenters. The first kappa shape index (κ1) is 16.3. The fraction of sp³-hybridized carbons (Fsp3) is 0.538. The topological polar surface area (TPSA) is 58.2 Å². The molecule has 6 heteroatoms. The highest BCUT2D eigenvalue weighted by Crippen LogP contribution is 2.23. The lowest BCUT2D eigenvalue weighted by atomic mass is 10.2. The predicted octanol–water partition coefficient (Wildman–Crippen LogP) is 2.78. The zero-order valence-electron chi connectivity index (χ0n) is 11.4. The van der Waals surface area contributed by atoms with Gasteiger partial charge in [-0.05, 0) is 50.6 Å². The Morgan fingerprint density at radius 3 is 2.68 bits per heavy atom. The number of hydrogen-bond donors (Lipinski definition) is 2. The molecule has 2 N–H and O–H groups in total. The molecule has 0 saturated heterocycles. The van der Waals surface area contributed by atoms with E-state index >= 15 is 0 Å². The van der Waals surface area contributed by atoms with Gasteiger partial charge >= 0.3 is 0 Å². The summed E-state index contributed by atoms with van der Waals surface area (Å²) in [6.07, 6.45) is 1.63. The SMILES string of the molecule is CCCNCCCS(=O)(=O)Nc1cc(C)ccc1Cl. The van der Waals surface area contributed by atoms with E-state index in [9.17, 15) is 8.42 Å². The van der Waals surface area contributed by atoms with Crippen molar-refractivity contribution in [1.82, 2.24) is 5.32 Å². The number of sulfonamides is 1. The maximum atomic E-state index is 11.9. The Balaban J connectivity index is 2.52. The largest absolute Gasteiger partial charge is 0.317 e. The Kier molecular flexibility index (Phi) is 6.62. The second-order valence-electron chi connectivity index (χ2n) is 4.51. The second kappa shape index (κ2) is 7.72. The van der Waals surface area contributed by atoms with Gasteiger partial charge in [0.2, 0.25) is 10.0 Å². The summed E-state index contributed by atoms with van der Waals surface area (Å²) in [6, 6.07) is 5.27. The van der Waals surface area contributed by atoms with Gasteiger partial charge in [-0.2, -0.15) is 0 Å². The van der Waals surface area contributed by atoms with Crippen LogP contribution in [0, 0.1) is 6.92 Å². The van der Waals surface area contributed by atoms with Crippen molar-refractivity contribution >= 4 is 27.3 Å². The first-order valence-corrected chi connectivity index (χ1v) is 8.45. The Labute approximate surface area is 120 Å². The molecule has 0 fully saturated rings. The third-order valence-corrected chi connectivity index (χ3v) is 4.27. The van der Waals surface area contributed by atoms with Crippen molar-refractivity contribution < 1.29 is 8.42 Å². The van der Waals surface area contributed by atoms with E-state index in [1.54, 1.807) is 12.1 Å². The summed E-state index contributed by atoms with van der Waals surface area (Å²) in [5.74, 6) is 0.0913. The van der Waals surface area contributed by atoms with E-state index < -0.39 is 10.0 Å². The molecule has 0 aliphatic carbocycles. The molecule has 1 aromatic carbocycles. The Morgan fingerprint density at radius 1 is 1.26 bits per heavy atom. The zero-order chi connectivity index (χ0) is 14.3. The summed E-state index contributed by atoms with van der Waals surface area (Å²) in [7, 11) is -3.34. The number of benzene rings is 1. The van der Waals surface area contributed by atoms with E-state index in [2.05, 4.69) is 17.0 Å². The lowest BCUT2D eigenvalue weighted by Crippen LogP contribution is -2.22. The predicted molar refractivity (Wildman–Crippen MR) is 81.4 cm³/mol. The maximum absolute atomic E-state index is 11.9. The first-order chi connectivity index (χ1) is 8.94. The fourth-order valence-corrected chi connectivity index (χ4v) is 2.98. The van der Waals surface area contributed by atoms with Gasteiger partial charge in [-0.1, -0.05) is 24.6 Å². The van der Waals surface area contributed by atoms with Crippen LogP contribution in [0.3, 0.4) is 0 Å². The molecule has 0 amide bonds. The molecule has 108 valence electrons. The minimum absolute atomic E-state index is 0.0913. The summed E-state index contributed by atoms with van der Waals surface area (Å²) in [6.45, 7) is 5.58. The molecule has 1 aromatic rings. The standard InChI is InChI=1S/C13H21ClN2O2S/c1-3-7-15-8-4-9-19(17,18)16-13-10-11(2)5-6-12(13)14/h5-6,10,15-16H,3-4,7-9H2,1-2H3. The van der Waals surface area contributed by atoms with Crippen molar-refractivity contribution in [2.24, 2.45) is 0 Å². The van der Waals surface area contributed by atoms with Crippen molar-refractivity contribution in [2.45, 2.75) is 26.7 Å². The molecule has 4 nitrogen and oxygen atoms in total. The molecule has 0 heterocycles. The van der Waals surface area contributed by atoms with E-state index in [4.69, 9.17) is 11.6 Å². The number of aryl methyl sites for hydroxylation is 1. The van der Waals surface area contributed by atoms with Gasteiger partial charge in [0.15, 0.2) is 0 Å². The normalized spacial score (nSPS) is 11.5. The summed E-state index contributed by atoms with van der Waals surface area (Å²) in [5.41, 5.74) is 1.41. The van der Waals surface area contributed by atoms with Crippen molar-refractivity contribution in [1.29, 1.82) is 0 Å². The molecule has 0 saturated carbocycles. The number of anilines is 1. The summed E-state index contributed by atoms with van der Waals surface area (Å²) >= 11 is 5.97. The smallest absolute Gasteiger partial charge is 0.232 e. The lowest BCUT2D eigenvalue weighted by Gasteiger charge is -2.10. The number of hydrogen-bond acceptors (Lipinski definition) is 3. The molecular weight excluding hydrogens is 284 g/mol. The average molecular weight is 305 g/mol. The third-order valence-electron chi connectivity index (χ3n) is 2.58. The quantitative estimate of drug-likeness (QED) is 0.726. The highest BCUT2D eigenvalue weighted by molar-refractivity contribution is 7.92. The zero-order valence-corrected chi connectivity index (χ0v) is 12.9. The average Bonchev–Trinajstić information content (AvgIpc) is 2.33. The van der Waals surface area contributed by atoms with E-state index in [0.717, 1.165) is 18.5 Å². The third kappa shape index (κ3) is 6.27. The minimum atomic E-state index is -3.34. The minimum Gasteiger partial charge on any atom is -0.317 e. The first-order valence-electron chi connectivity index (χ1n) is 6.42.